The molecule has 2 aromatic carbocycles. The molecule has 0 bridgehead atoms. The van der Waals surface area contributed by atoms with Crippen molar-refractivity contribution >= 4 is 27.6 Å². The molecule has 5 nitrogen and oxygen atoms in total. The van der Waals surface area contributed by atoms with Gasteiger partial charge in [-0.25, -0.2) is 4.79 Å². The van der Waals surface area contributed by atoms with Crippen LogP contribution in [-0.4, -0.2) is 38.7 Å². The summed E-state index contributed by atoms with van der Waals surface area (Å²) >= 11 is 3.37. The zero-order chi connectivity index (χ0) is 17.5. The Morgan fingerprint density at radius 2 is 1.75 bits per heavy atom. The van der Waals surface area contributed by atoms with Crippen molar-refractivity contribution in [1.82, 2.24) is 10.2 Å². The van der Waals surface area contributed by atoms with Crippen molar-refractivity contribution in [3.63, 3.8) is 0 Å². The molecule has 0 aliphatic rings. The van der Waals surface area contributed by atoms with Crippen LogP contribution in [0.5, 0.6) is 5.75 Å². The van der Waals surface area contributed by atoms with Gasteiger partial charge >= 0.3 is 6.03 Å². The van der Waals surface area contributed by atoms with E-state index in [9.17, 15) is 4.79 Å². The first-order valence-corrected chi connectivity index (χ1v) is 8.39. The third kappa shape index (κ3) is 5.25. The van der Waals surface area contributed by atoms with E-state index in [1.165, 1.54) is 0 Å². The van der Waals surface area contributed by atoms with Gasteiger partial charge in [0, 0.05) is 16.7 Å². The minimum atomic E-state index is -0.224. The molecule has 0 saturated carbocycles. The lowest BCUT2D eigenvalue weighted by molar-refractivity contribution is 0.243. The van der Waals surface area contributed by atoms with E-state index in [0.29, 0.717) is 6.54 Å². The standard InChI is InChI=1S/C18H22BrN3O2/c1-22(2)17(13-4-10-16(24-3)11-5-13)12-20-18(23)21-15-8-6-14(19)7-9-15/h4-11,17H,12H2,1-3H3,(H2,20,21,23). The molecule has 6 heteroatoms. The van der Waals surface area contributed by atoms with Gasteiger partial charge in [0.2, 0.25) is 0 Å². The Kier molecular flexibility index (Phi) is 6.63. The lowest BCUT2D eigenvalue weighted by Crippen LogP contribution is -2.36. The molecular weight excluding hydrogens is 370 g/mol. The van der Waals surface area contributed by atoms with Gasteiger partial charge in [-0.15, -0.1) is 0 Å². The molecule has 0 aliphatic carbocycles. The minimum Gasteiger partial charge on any atom is -0.497 e. The molecule has 0 saturated heterocycles. The van der Waals surface area contributed by atoms with E-state index in [0.717, 1.165) is 21.5 Å². The van der Waals surface area contributed by atoms with Gasteiger partial charge < -0.3 is 20.3 Å². The molecule has 2 aromatic rings. The number of hydrogen-bond acceptors (Lipinski definition) is 3. The summed E-state index contributed by atoms with van der Waals surface area (Å²) in [6.45, 7) is 0.502. The molecule has 0 fully saturated rings. The SMILES string of the molecule is COc1ccc(C(CNC(=O)Nc2ccc(Br)cc2)N(C)C)cc1. The zero-order valence-electron chi connectivity index (χ0n) is 14.0. The molecule has 0 aliphatic heterocycles. The molecule has 1 atom stereocenters. The number of halogens is 1. The summed E-state index contributed by atoms with van der Waals surface area (Å²) in [7, 11) is 5.62. The molecule has 2 N–H and O–H groups in total. The van der Waals surface area contributed by atoms with Crippen LogP contribution in [0.2, 0.25) is 0 Å². The van der Waals surface area contributed by atoms with Gasteiger partial charge in [-0.05, 0) is 56.1 Å². The molecule has 0 radical (unpaired) electrons. The zero-order valence-corrected chi connectivity index (χ0v) is 15.6. The molecule has 24 heavy (non-hydrogen) atoms. The maximum absolute atomic E-state index is 12.1. The van der Waals surface area contributed by atoms with E-state index in [2.05, 4.69) is 31.5 Å². The van der Waals surface area contributed by atoms with Crippen molar-refractivity contribution in [1.29, 1.82) is 0 Å². The van der Waals surface area contributed by atoms with Gasteiger partial charge in [0.1, 0.15) is 5.75 Å². The molecule has 0 spiro atoms. The first kappa shape index (κ1) is 18.3. The third-order valence-electron chi connectivity index (χ3n) is 3.68. The van der Waals surface area contributed by atoms with Crippen molar-refractivity contribution in [3.8, 4) is 5.75 Å². The van der Waals surface area contributed by atoms with Crippen LogP contribution in [-0.2, 0) is 0 Å². The van der Waals surface area contributed by atoms with Crippen molar-refractivity contribution < 1.29 is 9.53 Å². The Morgan fingerprint density at radius 3 is 2.29 bits per heavy atom. The number of methoxy groups -OCH3 is 1. The van der Waals surface area contributed by atoms with E-state index in [1.54, 1.807) is 7.11 Å². The normalized spacial score (nSPS) is 11.9. The van der Waals surface area contributed by atoms with Crippen molar-refractivity contribution in [2.45, 2.75) is 6.04 Å². The lowest BCUT2D eigenvalue weighted by atomic mass is 10.1. The minimum absolute atomic E-state index is 0.0755. The summed E-state index contributed by atoms with van der Waals surface area (Å²) in [6, 6.07) is 15.2. The quantitative estimate of drug-likeness (QED) is 0.785. The molecule has 2 rings (SSSR count). The highest BCUT2D eigenvalue weighted by atomic mass is 79.9. The van der Waals surface area contributed by atoms with E-state index in [1.807, 2.05) is 62.6 Å². The van der Waals surface area contributed by atoms with E-state index in [-0.39, 0.29) is 12.1 Å². The van der Waals surface area contributed by atoms with Crippen LogP contribution in [0, 0.1) is 0 Å². The average Bonchev–Trinajstić information content (AvgIpc) is 2.57. The highest BCUT2D eigenvalue weighted by molar-refractivity contribution is 9.10. The number of urea groups is 1. The number of nitrogens with one attached hydrogen (secondary N) is 2. The van der Waals surface area contributed by atoms with Crippen molar-refractivity contribution in [3.05, 3.63) is 58.6 Å². The van der Waals surface area contributed by atoms with E-state index in [4.69, 9.17) is 4.74 Å². The summed E-state index contributed by atoms with van der Waals surface area (Å²) in [6.07, 6.45) is 0. The number of hydrogen-bond donors (Lipinski definition) is 2. The molecule has 0 heterocycles. The topological polar surface area (TPSA) is 53.6 Å². The number of rotatable bonds is 6. The fraction of sp³-hybridized carbons (Fsp3) is 0.278. The number of anilines is 1. The second-order valence-corrected chi connectivity index (χ2v) is 6.51. The maximum Gasteiger partial charge on any atom is 0.319 e. The predicted octanol–water partition coefficient (Wildman–Crippen LogP) is 3.88. The first-order valence-electron chi connectivity index (χ1n) is 7.60. The fourth-order valence-electron chi connectivity index (χ4n) is 2.32. The van der Waals surface area contributed by atoms with Crippen molar-refractivity contribution in [2.24, 2.45) is 0 Å². The first-order chi connectivity index (χ1) is 11.5. The summed E-state index contributed by atoms with van der Waals surface area (Å²) in [4.78, 5) is 14.2. The molecule has 128 valence electrons. The van der Waals surface area contributed by atoms with Crippen LogP contribution in [0.25, 0.3) is 0 Å². The number of ether oxygens (including phenoxy) is 1. The van der Waals surface area contributed by atoms with E-state index >= 15 is 0 Å². The number of carbonyl (C=O) groups is 1. The highest BCUT2D eigenvalue weighted by Crippen LogP contribution is 2.21. The Hall–Kier alpha value is -2.05. The van der Waals surface area contributed by atoms with Crippen LogP contribution in [0.3, 0.4) is 0 Å². The molecule has 0 aromatic heterocycles. The number of carbonyl (C=O) groups excluding carboxylic acids is 1. The smallest absolute Gasteiger partial charge is 0.319 e. The summed E-state index contributed by atoms with van der Waals surface area (Å²) in [5.74, 6) is 0.817. The summed E-state index contributed by atoms with van der Waals surface area (Å²) in [5, 5.41) is 5.74. The summed E-state index contributed by atoms with van der Waals surface area (Å²) < 4.78 is 6.16. The Balaban J connectivity index is 1.95. The van der Waals surface area contributed by atoms with Crippen LogP contribution >= 0.6 is 15.9 Å². The monoisotopic (exact) mass is 391 g/mol. The van der Waals surface area contributed by atoms with E-state index < -0.39 is 0 Å². The van der Waals surface area contributed by atoms with Crippen LogP contribution in [0.15, 0.2) is 53.0 Å². The number of amides is 2. The van der Waals surface area contributed by atoms with Crippen molar-refractivity contribution in [2.75, 3.05) is 33.1 Å². The molecule has 1 unspecified atom stereocenters. The Morgan fingerprint density at radius 1 is 1.12 bits per heavy atom. The highest BCUT2D eigenvalue weighted by Gasteiger charge is 2.15. The van der Waals surface area contributed by atoms with Gasteiger partial charge in [-0.2, -0.15) is 0 Å². The maximum atomic E-state index is 12.1. The molecule has 2 amide bonds. The van der Waals surface area contributed by atoms with Crippen LogP contribution in [0.1, 0.15) is 11.6 Å². The van der Waals surface area contributed by atoms with Gasteiger partial charge in [0.25, 0.3) is 0 Å². The Bertz CT molecular complexity index is 657. The van der Waals surface area contributed by atoms with Gasteiger partial charge in [-0.1, -0.05) is 28.1 Å². The number of benzene rings is 2. The largest absolute Gasteiger partial charge is 0.497 e. The number of nitrogens with zero attached hydrogens (tertiary/aromatic N) is 1. The van der Waals surface area contributed by atoms with Gasteiger partial charge in [-0.3, -0.25) is 0 Å². The second kappa shape index (κ2) is 8.70. The second-order valence-electron chi connectivity index (χ2n) is 5.59. The third-order valence-corrected chi connectivity index (χ3v) is 4.21. The van der Waals surface area contributed by atoms with Crippen LogP contribution < -0.4 is 15.4 Å². The number of likely N-dealkylation sites (N-methyl/N-ethyl adjacent to an activating group) is 1. The molecular formula is C18H22BrN3O2. The lowest BCUT2D eigenvalue weighted by Gasteiger charge is -2.25. The van der Waals surface area contributed by atoms with Crippen LogP contribution in [0.4, 0.5) is 10.5 Å². The predicted molar refractivity (Wildman–Crippen MR) is 101 cm³/mol. The Labute approximate surface area is 151 Å². The van der Waals surface area contributed by atoms with Gasteiger partial charge in [0.15, 0.2) is 0 Å². The fourth-order valence-corrected chi connectivity index (χ4v) is 2.59. The van der Waals surface area contributed by atoms with Gasteiger partial charge in [0.05, 0.1) is 13.2 Å². The summed E-state index contributed by atoms with van der Waals surface area (Å²) in [5.41, 5.74) is 1.87. The average molecular weight is 392 g/mol.